The van der Waals surface area contributed by atoms with Crippen LogP contribution in [0.5, 0.6) is 0 Å². The average Bonchev–Trinajstić information content (AvgIpc) is 3.00. The molecule has 0 saturated carbocycles. The lowest BCUT2D eigenvalue weighted by Crippen LogP contribution is -2.47. The van der Waals surface area contributed by atoms with Crippen molar-refractivity contribution < 1.29 is 13.2 Å². The molecule has 8 nitrogen and oxygen atoms in total. The van der Waals surface area contributed by atoms with Gasteiger partial charge in [0.1, 0.15) is 11.0 Å². The number of H-pyrrole nitrogens is 1. The Morgan fingerprint density at radius 1 is 1.26 bits per heavy atom. The Bertz CT molecular complexity index is 824. The molecule has 0 unspecified atom stereocenters. The van der Waals surface area contributed by atoms with Crippen molar-refractivity contribution in [1.82, 2.24) is 24.6 Å². The third kappa shape index (κ3) is 3.20. The van der Waals surface area contributed by atoms with Crippen LogP contribution in [0.3, 0.4) is 0 Å². The number of aromatic amines is 1. The fourth-order valence-corrected chi connectivity index (χ4v) is 3.61. The van der Waals surface area contributed by atoms with Crippen LogP contribution in [0.25, 0.3) is 11.0 Å². The van der Waals surface area contributed by atoms with E-state index >= 15 is 0 Å². The van der Waals surface area contributed by atoms with Crippen LogP contribution >= 0.6 is 0 Å². The van der Waals surface area contributed by atoms with Gasteiger partial charge in [-0.05, 0) is 31.0 Å². The molecule has 0 radical (unpaired) electrons. The van der Waals surface area contributed by atoms with E-state index < -0.39 is 10.0 Å². The number of nitrogens with zero attached hydrogens (tertiary/aromatic N) is 4. The van der Waals surface area contributed by atoms with E-state index in [9.17, 15) is 13.2 Å². The van der Waals surface area contributed by atoms with E-state index in [1.54, 1.807) is 30.1 Å². The molecule has 1 aromatic carbocycles. The number of carbonyl (C=O) groups is 1. The first kappa shape index (κ1) is 15.9. The summed E-state index contributed by atoms with van der Waals surface area (Å²) in [6.45, 7) is 1.08. The van der Waals surface area contributed by atoms with Crippen LogP contribution in [-0.2, 0) is 10.0 Å². The molecular formula is C14H19N5O3S. The minimum absolute atomic E-state index is 0.0490. The summed E-state index contributed by atoms with van der Waals surface area (Å²) in [6.07, 6.45) is 2.49. The number of amides is 1. The highest BCUT2D eigenvalue weighted by Gasteiger charge is 2.29. The Morgan fingerprint density at radius 3 is 2.57 bits per heavy atom. The monoisotopic (exact) mass is 337 g/mol. The fourth-order valence-electron chi connectivity index (χ4n) is 2.86. The molecule has 0 spiro atoms. The number of nitrogens with one attached hydrogen (secondary N) is 1. The summed E-state index contributed by atoms with van der Waals surface area (Å²) >= 11 is 0. The molecule has 1 aromatic heterocycles. The number of sulfonamides is 1. The molecule has 1 saturated heterocycles. The van der Waals surface area contributed by atoms with E-state index in [0.717, 1.165) is 5.52 Å². The van der Waals surface area contributed by atoms with Gasteiger partial charge in [0.05, 0.1) is 6.26 Å². The normalized spacial score (nSPS) is 17.1. The first-order chi connectivity index (χ1) is 10.9. The van der Waals surface area contributed by atoms with Gasteiger partial charge in [-0.1, -0.05) is 0 Å². The van der Waals surface area contributed by atoms with Gasteiger partial charge in [0.2, 0.25) is 10.0 Å². The zero-order valence-corrected chi connectivity index (χ0v) is 13.9. The van der Waals surface area contributed by atoms with Gasteiger partial charge in [0.15, 0.2) is 0 Å². The first-order valence-corrected chi connectivity index (χ1v) is 9.24. The molecule has 0 bridgehead atoms. The predicted octanol–water partition coefficient (Wildman–Crippen LogP) is 0.454. The lowest BCUT2D eigenvalue weighted by molar-refractivity contribution is 0.0686. The van der Waals surface area contributed by atoms with Crippen LogP contribution in [-0.4, -0.2) is 71.4 Å². The number of fused-ring (bicyclic) bond motifs is 1. The van der Waals surface area contributed by atoms with Gasteiger partial charge >= 0.3 is 0 Å². The molecule has 0 atom stereocenters. The van der Waals surface area contributed by atoms with Gasteiger partial charge in [-0.2, -0.15) is 15.4 Å². The Morgan fingerprint density at radius 2 is 1.91 bits per heavy atom. The third-order valence-corrected chi connectivity index (χ3v) is 5.70. The quantitative estimate of drug-likeness (QED) is 0.877. The number of hydrogen-bond acceptors (Lipinski definition) is 5. The van der Waals surface area contributed by atoms with Crippen molar-refractivity contribution in [3.05, 3.63) is 23.8 Å². The summed E-state index contributed by atoms with van der Waals surface area (Å²) in [4.78, 5) is 14.3. The Labute approximate surface area is 134 Å². The first-order valence-electron chi connectivity index (χ1n) is 7.39. The second kappa shape index (κ2) is 5.89. The Kier molecular flexibility index (Phi) is 4.07. The lowest BCUT2D eigenvalue weighted by atomic mass is 10.0. The largest absolute Gasteiger partial charge is 0.339 e. The van der Waals surface area contributed by atoms with E-state index in [1.165, 1.54) is 10.6 Å². The van der Waals surface area contributed by atoms with Gasteiger partial charge in [0, 0.05) is 31.7 Å². The highest BCUT2D eigenvalue weighted by molar-refractivity contribution is 7.88. The molecule has 1 amide bonds. The number of aromatic nitrogens is 3. The molecule has 1 N–H and O–H groups in total. The zero-order chi connectivity index (χ0) is 16.6. The molecule has 124 valence electrons. The van der Waals surface area contributed by atoms with Crippen molar-refractivity contribution in [2.75, 3.05) is 26.4 Å². The smallest absolute Gasteiger partial charge is 0.253 e. The number of likely N-dealkylation sites (tertiary alicyclic amines) is 1. The summed E-state index contributed by atoms with van der Waals surface area (Å²) in [5, 5.41) is 10.5. The summed E-state index contributed by atoms with van der Waals surface area (Å²) in [5.74, 6) is -0.0599. The van der Waals surface area contributed by atoms with Crippen molar-refractivity contribution in [3.8, 4) is 0 Å². The Hall–Kier alpha value is -2.00. The summed E-state index contributed by atoms with van der Waals surface area (Å²) in [5.41, 5.74) is 1.94. The number of rotatable bonds is 3. The van der Waals surface area contributed by atoms with Crippen LogP contribution in [0.1, 0.15) is 23.2 Å². The number of piperidine rings is 1. The van der Waals surface area contributed by atoms with Crippen molar-refractivity contribution in [2.45, 2.75) is 18.9 Å². The van der Waals surface area contributed by atoms with E-state index in [1.807, 2.05) is 0 Å². The van der Waals surface area contributed by atoms with Gasteiger partial charge in [-0.25, -0.2) is 12.7 Å². The van der Waals surface area contributed by atoms with E-state index in [4.69, 9.17) is 0 Å². The molecule has 2 heterocycles. The zero-order valence-electron chi connectivity index (χ0n) is 13.1. The molecule has 9 heteroatoms. The molecular weight excluding hydrogens is 318 g/mol. The van der Waals surface area contributed by atoms with Crippen molar-refractivity contribution >= 4 is 27.0 Å². The lowest BCUT2D eigenvalue weighted by Gasteiger charge is -2.35. The van der Waals surface area contributed by atoms with Crippen LogP contribution in [0.2, 0.25) is 0 Å². The van der Waals surface area contributed by atoms with Crippen molar-refractivity contribution in [2.24, 2.45) is 0 Å². The van der Waals surface area contributed by atoms with Gasteiger partial charge in [-0.15, -0.1) is 0 Å². The second-order valence-corrected chi connectivity index (χ2v) is 7.87. The third-order valence-electron chi connectivity index (χ3n) is 4.35. The summed E-state index contributed by atoms with van der Waals surface area (Å²) in [6, 6.07) is 5.17. The summed E-state index contributed by atoms with van der Waals surface area (Å²) in [7, 11) is -1.61. The highest BCUT2D eigenvalue weighted by Crippen LogP contribution is 2.20. The van der Waals surface area contributed by atoms with Crippen LogP contribution < -0.4 is 0 Å². The van der Waals surface area contributed by atoms with E-state index in [-0.39, 0.29) is 11.9 Å². The van der Waals surface area contributed by atoms with Crippen molar-refractivity contribution in [3.63, 3.8) is 0 Å². The van der Waals surface area contributed by atoms with E-state index in [2.05, 4.69) is 15.4 Å². The minimum Gasteiger partial charge on any atom is -0.339 e. The Balaban J connectivity index is 1.68. The van der Waals surface area contributed by atoms with Crippen molar-refractivity contribution in [1.29, 1.82) is 0 Å². The standard InChI is InChI=1S/C14H19N5O3S/c1-18(23(2,21)22)11-5-7-19(8-6-11)14(20)10-3-4-12-13(9-10)16-17-15-12/h3-4,9,11H,5-8H2,1-2H3,(H,15,16,17). The predicted molar refractivity (Wildman–Crippen MR) is 85.4 cm³/mol. The van der Waals surface area contributed by atoms with Gasteiger partial charge in [0.25, 0.3) is 5.91 Å². The van der Waals surface area contributed by atoms with Gasteiger partial charge < -0.3 is 4.90 Å². The van der Waals surface area contributed by atoms with Gasteiger partial charge in [-0.3, -0.25) is 4.79 Å². The number of hydrogen-bond donors (Lipinski definition) is 1. The molecule has 1 fully saturated rings. The van der Waals surface area contributed by atoms with Crippen LogP contribution in [0.4, 0.5) is 0 Å². The fraction of sp³-hybridized carbons (Fsp3) is 0.500. The van der Waals surface area contributed by atoms with Crippen LogP contribution in [0, 0.1) is 0 Å². The molecule has 3 rings (SSSR count). The maximum Gasteiger partial charge on any atom is 0.253 e. The number of benzene rings is 1. The second-order valence-electron chi connectivity index (χ2n) is 5.83. The minimum atomic E-state index is -3.20. The molecule has 0 aliphatic carbocycles. The SMILES string of the molecule is CN(C1CCN(C(=O)c2ccc3n[nH]nc3c2)CC1)S(C)(=O)=O. The van der Waals surface area contributed by atoms with E-state index in [0.29, 0.717) is 37.0 Å². The topological polar surface area (TPSA) is 99.3 Å². The maximum atomic E-state index is 12.6. The maximum absolute atomic E-state index is 12.6. The molecule has 1 aliphatic rings. The number of carbonyl (C=O) groups excluding carboxylic acids is 1. The molecule has 2 aromatic rings. The highest BCUT2D eigenvalue weighted by atomic mass is 32.2. The molecule has 1 aliphatic heterocycles. The van der Waals surface area contributed by atoms with Crippen LogP contribution in [0.15, 0.2) is 18.2 Å². The average molecular weight is 337 g/mol. The molecule has 23 heavy (non-hydrogen) atoms. The summed E-state index contributed by atoms with van der Waals surface area (Å²) < 4.78 is 24.6.